The molecule has 1 heterocycles. The molecular weight excluding hydrogens is 209 g/mol. The van der Waals surface area contributed by atoms with Gasteiger partial charge in [-0.1, -0.05) is 0 Å². The molecular formula is C12H12FNO2. The number of ether oxygens (including phenoxy) is 1. The van der Waals surface area contributed by atoms with Crippen molar-refractivity contribution >= 4 is 16.9 Å². The second-order valence-corrected chi connectivity index (χ2v) is 3.59. The molecule has 0 radical (unpaired) electrons. The van der Waals surface area contributed by atoms with Crippen molar-refractivity contribution in [2.75, 3.05) is 6.61 Å². The zero-order valence-electron chi connectivity index (χ0n) is 9.13. The van der Waals surface area contributed by atoms with Gasteiger partial charge in [-0.05, 0) is 37.6 Å². The lowest BCUT2D eigenvalue weighted by molar-refractivity contribution is 0.0520. The molecule has 1 aromatic carbocycles. The molecule has 0 unspecified atom stereocenters. The largest absolute Gasteiger partial charge is 0.461 e. The number of aromatic amines is 1. The number of rotatable bonds is 2. The minimum absolute atomic E-state index is 0.306. The molecule has 0 bridgehead atoms. The van der Waals surface area contributed by atoms with Crippen LogP contribution in [0.2, 0.25) is 0 Å². The summed E-state index contributed by atoms with van der Waals surface area (Å²) < 4.78 is 18.0. The molecule has 2 rings (SSSR count). The van der Waals surface area contributed by atoms with Crippen molar-refractivity contribution in [1.29, 1.82) is 0 Å². The van der Waals surface area contributed by atoms with Crippen molar-refractivity contribution in [1.82, 2.24) is 4.98 Å². The summed E-state index contributed by atoms with van der Waals surface area (Å²) in [5.74, 6) is -0.724. The van der Waals surface area contributed by atoms with Crippen molar-refractivity contribution < 1.29 is 13.9 Å². The third-order valence-electron chi connectivity index (χ3n) is 2.39. The number of H-pyrrole nitrogens is 1. The fourth-order valence-electron chi connectivity index (χ4n) is 1.70. The number of carbonyl (C=O) groups excluding carboxylic acids is 1. The number of aryl methyl sites for hydroxylation is 1. The highest BCUT2D eigenvalue weighted by Gasteiger charge is 2.11. The van der Waals surface area contributed by atoms with Crippen LogP contribution in [0.25, 0.3) is 10.9 Å². The van der Waals surface area contributed by atoms with E-state index in [4.69, 9.17) is 4.74 Å². The third kappa shape index (κ3) is 1.78. The van der Waals surface area contributed by atoms with E-state index < -0.39 is 5.97 Å². The number of nitrogens with one attached hydrogen (secondary N) is 1. The molecule has 2 aromatic rings. The van der Waals surface area contributed by atoms with Crippen molar-refractivity contribution in [3.8, 4) is 0 Å². The van der Waals surface area contributed by atoms with Crippen LogP contribution in [0, 0.1) is 12.7 Å². The summed E-state index contributed by atoms with van der Waals surface area (Å²) in [5.41, 5.74) is 1.89. The van der Waals surface area contributed by atoms with Crippen LogP contribution in [-0.2, 0) is 4.74 Å². The maximum atomic E-state index is 13.1. The van der Waals surface area contributed by atoms with Crippen LogP contribution >= 0.6 is 0 Å². The predicted molar refractivity (Wildman–Crippen MR) is 59.0 cm³/mol. The van der Waals surface area contributed by atoms with Gasteiger partial charge in [0.2, 0.25) is 0 Å². The van der Waals surface area contributed by atoms with Crippen molar-refractivity contribution in [3.63, 3.8) is 0 Å². The Hall–Kier alpha value is -1.84. The average Bonchev–Trinajstić information content (AvgIpc) is 2.62. The van der Waals surface area contributed by atoms with Crippen LogP contribution < -0.4 is 0 Å². The number of hydrogen-bond acceptors (Lipinski definition) is 2. The topological polar surface area (TPSA) is 42.1 Å². The van der Waals surface area contributed by atoms with Gasteiger partial charge in [-0.25, -0.2) is 9.18 Å². The lowest BCUT2D eigenvalue weighted by Crippen LogP contribution is -2.04. The monoisotopic (exact) mass is 221 g/mol. The van der Waals surface area contributed by atoms with Crippen LogP contribution in [-0.4, -0.2) is 17.6 Å². The van der Waals surface area contributed by atoms with Gasteiger partial charge in [0.05, 0.1) is 6.61 Å². The maximum Gasteiger partial charge on any atom is 0.354 e. The lowest BCUT2D eigenvalue weighted by Gasteiger charge is -1.97. The van der Waals surface area contributed by atoms with Gasteiger partial charge in [0.1, 0.15) is 11.5 Å². The van der Waals surface area contributed by atoms with Gasteiger partial charge in [0, 0.05) is 10.9 Å². The van der Waals surface area contributed by atoms with Crippen LogP contribution in [0.4, 0.5) is 4.39 Å². The van der Waals surface area contributed by atoms with E-state index in [0.29, 0.717) is 17.7 Å². The average molecular weight is 221 g/mol. The summed E-state index contributed by atoms with van der Waals surface area (Å²) in [5, 5.41) is 0.681. The van der Waals surface area contributed by atoms with Crippen molar-refractivity contribution in [2.24, 2.45) is 0 Å². The van der Waals surface area contributed by atoms with E-state index in [9.17, 15) is 9.18 Å². The first kappa shape index (κ1) is 10.7. The maximum absolute atomic E-state index is 13.1. The minimum atomic E-state index is -0.418. The molecule has 0 spiro atoms. The fourth-order valence-corrected chi connectivity index (χ4v) is 1.70. The summed E-state index contributed by atoms with van der Waals surface area (Å²) >= 11 is 0. The molecule has 0 amide bonds. The molecule has 16 heavy (non-hydrogen) atoms. The van der Waals surface area contributed by atoms with Gasteiger partial charge >= 0.3 is 5.97 Å². The highest BCUT2D eigenvalue weighted by molar-refractivity contribution is 5.95. The Balaban J connectivity index is 2.51. The third-order valence-corrected chi connectivity index (χ3v) is 2.39. The fraction of sp³-hybridized carbons (Fsp3) is 0.250. The number of esters is 1. The number of fused-ring (bicyclic) bond motifs is 1. The van der Waals surface area contributed by atoms with Gasteiger partial charge in [0.15, 0.2) is 0 Å². The summed E-state index contributed by atoms with van der Waals surface area (Å²) in [6.45, 7) is 3.85. The first-order valence-electron chi connectivity index (χ1n) is 5.08. The number of aromatic nitrogens is 1. The summed E-state index contributed by atoms with van der Waals surface area (Å²) in [6.07, 6.45) is 0. The van der Waals surface area contributed by atoms with Crippen molar-refractivity contribution in [3.05, 3.63) is 35.3 Å². The van der Waals surface area contributed by atoms with Gasteiger partial charge < -0.3 is 9.72 Å². The zero-order valence-corrected chi connectivity index (χ0v) is 9.13. The zero-order chi connectivity index (χ0) is 11.7. The smallest absolute Gasteiger partial charge is 0.354 e. The number of benzene rings is 1. The Morgan fingerprint density at radius 2 is 2.19 bits per heavy atom. The van der Waals surface area contributed by atoms with Crippen LogP contribution in [0.3, 0.4) is 0 Å². The molecule has 84 valence electrons. The van der Waals surface area contributed by atoms with E-state index in [2.05, 4.69) is 4.98 Å². The molecule has 1 N–H and O–H groups in total. The Kier molecular flexibility index (Phi) is 2.64. The van der Waals surface area contributed by atoms with E-state index >= 15 is 0 Å². The van der Waals surface area contributed by atoms with E-state index in [-0.39, 0.29) is 5.82 Å². The standard InChI is InChI=1S/C12H12FNO2/c1-3-16-12(15)10-6-8-5-9(13)4-7(2)11(8)14-10/h4-6,14H,3H2,1-2H3. The molecule has 0 fully saturated rings. The second kappa shape index (κ2) is 3.96. The van der Waals surface area contributed by atoms with E-state index in [0.717, 1.165) is 11.1 Å². The highest BCUT2D eigenvalue weighted by Crippen LogP contribution is 2.21. The van der Waals surface area contributed by atoms with Crippen LogP contribution in [0.1, 0.15) is 23.0 Å². The molecule has 0 aliphatic heterocycles. The minimum Gasteiger partial charge on any atom is -0.461 e. The van der Waals surface area contributed by atoms with E-state index in [1.54, 1.807) is 19.9 Å². The van der Waals surface area contributed by atoms with Crippen LogP contribution in [0.15, 0.2) is 18.2 Å². The normalized spacial score (nSPS) is 10.7. The Morgan fingerprint density at radius 1 is 1.44 bits per heavy atom. The number of hydrogen-bond donors (Lipinski definition) is 1. The lowest BCUT2D eigenvalue weighted by atomic mass is 10.1. The molecule has 0 saturated carbocycles. The van der Waals surface area contributed by atoms with Crippen molar-refractivity contribution in [2.45, 2.75) is 13.8 Å². The van der Waals surface area contributed by atoms with E-state index in [1.807, 2.05) is 0 Å². The molecule has 0 aliphatic rings. The highest BCUT2D eigenvalue weighted by atomic mass is 19.1. The number of carbonyl (C=O) groups is 1. The Bertz CT molecular complexity index is 545. The summed E-state index contributed by atoms with van der Waals surface area (Å²) in [6, 6.07) is 4.42. The Morgan fingerprint density at radius 3 is 2.88 bits per heavy atom. The van der Waals surface area contributed by atoms with Gasteiger partial charge in [0.25, 0.3) is 0 Å². The number of halogens is 1. The quantitative estimate of drug-likeness (QED) is 0.792. The molecule has 4 heteroatoms. The first-order chi connectivity index (χ1) is 7.61. The van der Waals surface area contributed by atoms with Gasteiger partial charge in [-0.15, -0.1) is 0 Å². The predicted octanol–water partition coefficient (Wildman–Crippen LogP) is 2.79. The summed E-state index contributed by atoms with van der Waals surface area (Å²) in [4.78, 5) is 14.4. The first-order valence-corrected chi connectivity index (χ1v) is 5.08. The van der Waals surface area contributed by atoms with Gasteiger partial charge in [-0.3, -0.25) is 0 Å². The molecule has 3 nitrogen and oxygen atoms in total. The molecule has 0 aliphatic carbocycles. The summed E-state index contributed by atoms with van der Waals surface area (Å²) in [7, 11) is 0. The van der Waals surface area contributed by atoms with E-state index in [1.165, 1.54) is 12.1 Å². The molecule has 1 aromatic heterocycles. The second-order valence-electron chi connectivity index (χ2n) is 3.59. The SMILES string of the molecule is CCOC(=O)c1cc2cc(F)cc(C)c2[nH]1. The molecule has 0 atom stereocenters. The molecule has 0 saturated heterocycles. The van der Waals surface area contributed by atoms with Crippen LogP contribution in [0.5, 0.6) is 0 Å². The van der Waals surface area contributed by atoms with Gasteiger partial charge in [-0.2, -0.15) is 0 Å². The Labute approximate surface area is 92.2 Å².